The van der Waals surface area contributed by atoms with E-state index in [1.807, 2.05) is 12.1 Å². The smallest absolute Gasteiger partial charge is 0.318 e. The van der Waals surface area contributed by atoms with Crippen molar-refractivity contribution in [2.45, 2.75) is 32.6 Å². The van der Waals surface area contributed by atoms with Crippen molar-refractivity contribution < 1.29 is 14.6 Å². The molecule has 0 aliphatic rings. The molecule has 0 fully saturated rings. The standard InChI is InChI=1S/C18H19Cl2NO3/c1-11(2)8-12-4-6-13(7-5-12)18(3,17(22)23)16-14(19)9-21(24)10-15(16)20/h4-7,9-11H,8H2,1-3H3,(H,22,23). The lowest BCUT2D eigenvalue weighted by molar-refractivity contribution is -0.605. The molecule has 0 saturated carbocycles. The van der Waals surface area contributed by atoms with E-state index in [4.69, 9.17) is 23.2 Å². The van der Waals surface area contributed by atoms with Crippen LogP contribution < -0.4 is 4.73 Å². The first-order valence-corrected chi connectivity index (χ1v) is 8.33. The van der Waals surface area contributed by atoms with Gasteiger partial charge in [0, 0.05) is 5.56 Å². The maximum Gasteiger partial charge on any atom is 0.318 e. The molecule has 0 radical (unpaired) electrons. The highest BCUT2D eigenvalue weighted by molar-refractivity contribution is 6.36. The Bertz CT molecular complexity index is 736. The molecule has 0 aliphatic carbocycles. The van der Waals surface area contributed by atoms with Crippen LogP contribution in [-0.2, 0) is 16.6 Å². The summed E-state index contributed by atoms with van der Waals surface area (Å²) in [5.74, 6) is -0.584. The van der Waals surface area contributed by atoms with E-state index in [0.29, 0.717) is 16.2 Å². The molecule has 2 aromatic rings. The molecular weight excluding hydrogens is 349 g/mol. The van der Waals surface area contributed by atoms with Crippen molar-refractivity contribution in [2.75, 3.05) is 0 Å². The Kier molecular flexibility index (Phi) is 5.41. The monoisotopic (exact) mass is 367 g/mol. The third kappa shape index (κ3) is 3.50. The maximum absolute atomic E-state index is 12.1. The molecule has 1 aromatic heterocycles. The molecule has 1 unspecified atom stereocenters. The van der Waals surface area contributed by atoms with E-state index in [2.05, 4.69) is 13.8 Å². The van der Waals surface area contributed by atoms with Crippen molar-refractivity contribution in [2.24, 2.45) is 5.92 Å². The normalized spacial score (nSPS) is 13.8. The summed E-state index contributed by atoms with van der Waals surface area (Å²) in [5, 5.41) is 21.4. The molecule has 4 nitrogen and oxygen atoms in total. The van der Waals surface area contributed by atoms with Crippen molar-refractivity contribution >= 4 is 29.2 Å². The van der Waals surface area contributed by atoms with Gasteiger partial charge in [-0.25, -0.2) is 0 Å². The minimum Gasteiger partial charge on any atom is -0.619 e. The number of aromatic nitrogens is 1. The molecule has 1 aromatic carbocycles. The van der Waals surface area contributed by atoms with Crippen LogP contribution in [0.25, 0.3) is 0 Å². The summed E-state index contributed by atoms with van der Waals surface area (Å²) in [7, 11) is 0. The highest BCUT2D eigenvalue weighted by Crippen LogP contribution is 2.40. The number of pyridine rings is 1. The van der Waals surface area contributed by atoms with Crippen molar-refractivity contribution in [1.29, 1.82) is 0 Å². The van der Waals surface area contributed by atoms with Gasteiger partial charge in [-0.3, -0.25) is 4.79 Å². The van der Waals surface area contributed by atoms with Gasteiger partial charge in [-0.2, -0.15) is 4.73 Å². The molecule has 2 rings (SSSR count). The molecule has 1 heterocycles. The summed E-state index contributed by atoms with van der Waals surface area (Å²) >= 11 is 12.3. The number of carbonyl (C=O) groups is 1. The molecule has 0 spiro atoms. The van der Waals surface area contributed by atoms with Gasteiger partial charge in [0.25, 0.3) is 0 Å². The molecule has 6 heteroatoms. The Balaban J connectivity index is 2.59. The van der Waals surface area contributed by atoms with Crippen LogP contribution in [0.15, 0.2) is 36.7 Å². The largest absolute Gasteiger partial charge is 0.619 e. The molecule has 0 amide bonds. The lowest BCUT2D eigenvalue weighted by Crippen LogP contribution is -2.36. The van der Waals surface area contributed by atoms with Crippen LogP contribution in [-0.4, -0.2) is 11.1 Å². The van der Waals surface area contributed by atoms with E-state index in [-0.39, 0.29) is 15.6 Å². The van der Waals surface area contributed by atoms with Crippen molar-refractivity contribution in [1.82, 2.24) is 0 Å². The molecule has 0 bridgehead atoms. The van der Waals surface area contributed by atoms with Gasteiger partial charge >= 0.3 is 5.97 Å². The van der Waals surface area contributed by atoms with Gasteiger partial charge in [0.2, 0.25) is 0 Å². The number of hydrogen-bond donors (Lipinski definition) is 1. The number of nitrogens with zero attached hydrogens (tertiary/aromatic N) is 1. The Morgan fingerprint density at radius 2 is 1.71 bits per heavy atom. The average molecular weight is 368 g/mol. The summed E-state index contributed by atoms with van der Waals surface area (Å²) in [4.78, 5) is 12.1. The molecule has 128 valence electrons. The predicted molar refractivity (Wildman–Crippen MR) is 94.5 cm³/mol. The summed E-state index contributed by atoms with van der Waals surface area (Å²) in [6, 6.07) is 7.37. The van der Waals surface area contributed by atoms with E-state index < -0.39 is 11.4 Å². The van der Waals surface area contributed by atoms with Crippen LogP contribution in [0.1, 0.15) is 37.5 Å². The van der Waals surface area contributed by atoms with Crippen LogP contribution >= 0.6 is 23.2 Å². The minimum absolute atomic E-state index is 0.0219. The number of hydrogen-bond acceptors (Lipinski definition) is 2. The van der Waals surface area contributed by atoms with Crippen LogP contribution in [0.2, 0.25) is 10.0 Å². The zero-order valence-corrected chi connectivity index (χ0v) is 15.2. The van der Waals surface area contributed by atoms with Gasteiger partial charge in [0.15, 0.2) is 12.4 Å². The van der Waals surface area contributed by atoms with Gasteiger partial charge in [-0.15, -0.1) is 0 Å². The van der Waals surface area contributed by atoms with Gasteiger partial charge in [-0.1, -0.05) is 61.3 Å². The summed E-state index contributed by atoms with van der Waals surface area (Å²) in [5.41, 5.74) is 0.430. The fourth-order valence-electron chi connectivity index (χ4n) is 2.80. The SMILES string of the molecule is CC(C)Cc1ccc(C(C)(C(=O)O)c2c(Cl)c[n+]([O-])cc2Cl)cc1. The summed E-state index contributed by atoms with van der Waals surface area (Å²) in [6.45, 7) is 5.78. The quantitative estimate of drug-likeness (QED) is 0.635. The van der Waals surface area contributed by atoms with Crippen LogP contribution in [0.4, 0.5) is 0 Å². The second kappa shape index (κ2) is 6.99. The van der Waals surface area contributed by atoms with E-state index in [0.717, 1.165) is 24.4 Å². The molecule has 0 aliphatic heterocycles. The zero-order chi connectivity index (χ0) is 18.1. The number of carboxylic acids is 1. The fourth-order valence-corrected chi connectivity index (χ4v) is 3.62. The van der Waals surface area contributed by atoms with Crippen LogP contribution in [0, 0.1) is 11.1 Å². The number of rotatable bonds is 5. The van der Waals surface area contributed by atoms with Crippen molar-refractivity contribution in [3.8, 4) is 0 Å². The Morgan fingerprint density at radius 3 is 2.12 bits per heavy atom. The van der Waals surface area contributed by atoms with E-state index in [9.17, 15) is 15.1 Å². The highest BCUT2D eigenvalue weighted by Gasteiger charge is 2.41. The topological polar surface area (TPSA) is 64.2 Å². The third-order valence-electron chi connectivity index (χ3n) is 4.06. The Morgan fingerprint density at radius 1 is 1.21 bits per heavy atom. The predicted octanol–water partition coefficient (Wildman–Crippen LogP) is 4.22. The number of aliphatic carboxylic acids is 1. The third-order valence-corrected chi connectivity index (χ3v) is 4.63. The first kappa shape index (κ1) is 18.6. The van der Waals surface area contributed by atoms with Crippen LogP contribution in [0.3, 0.4) is 0 Å². The minimum atomic E-state index is -1.46. The van der Waals surface area contributed by atoms with Gasteiger partial charge < -0.3 is 10.3 Å². The number of halogens is 2. The van der Waals surface area contributed by atoms with Crippen LogP contribution in [0.5, 0.6) is 0 Å². The Hall–Kier alpha value is -1.78. The first-order chi connectivity index (χ1) is 11.2. The maximum atomic E-state index is 12.1. The first-order valence-electron chi connectivity index (χ1n) is 7.57. The Labute approximate surface area is 151 Å². The molecule has 24 heavy (non-hydrogen) atoms. The number of carboxylic acid groups (broad SMARTS) is 1. The van der Waals surface area contributed by atoms with Gasteiger partial charge in [0.05, 0.1) is 0 Å². The van der Waals surface area contributed by atoms with E-state index in [1.165, 1.54) is 6.92 Å². The molecular formula is C18H19Cl2NO3. The lowest BCUT2D eigenvalue weighted by Gasteiger charge is -2.27. The summed E-state index contributed by atoms with van der Waals surface area (Å²) < 4.78 is 0.460. The average Bonchev–Trinajstić information content (AvgIpc) is 2.45. The fraction of sp³-hybridized carbons (Fsp3) is 0.333. The van der Waals surface area contributed by atoms with Crippen molar-refractivity contribution in [3.05, 3.63) is 68.6 Å². The lowest BCUT2D eigenvalue weighted by atomic mass is 9.76. The second-order valence-corrected chi connectivity index (χ2v) is 7.23. The van der Waals surface area contributed by atoms with Crippen molar-refractivity contribution in [3.63, 3.8) is 0 Å². The van der Waals surface area contributed by atoms with E-state index in [1.54, 1.807) is 12.1 Å². The van der Waals surface area contributed by atoms with E-state index >= 15 is 0 Å². The molecule has 1 atom stereocenters. The molecule has 1 N–H and O–H groups in total. The zero-order valence-electron chi connectivity index (χ0n) is 13.7. The highest BCUT2D eigenvalue weighted by atomic mass is 35.5. The molecule has 0 saturated heterocycles. The second-order valence-electron chi connectivity index (χ2n) is 6.41. The van der Waals surface area contributed by atoms with Gasteiger partial charge in [0.1, 0.15) is 15.5 Å². The summed E-state index contributed by atoms with van der Waals surface area (Å²) in [6.07, 6.45) is 3.13. The number of benzene rings is 1. The van der Waals surface area contributed by atoms with Gasteiger partial charge in [-0.05, 0) is 30.4 Å².